The molecule has 1 amide bonds. The molecule has 0 saturated carbocycles. The lowest BCUT2D eigenvalue weighted by Crippen LogP contribution is -2.27. The molecular formula is C17H18ClNO3. The predicted molar refractivity (Wildman–Crippen MR) is 86.9 cm³/mol. The third-order valence-electron chi connectivity index (χ3n) is 3.37. The van der Waals surface area contributed by atoms with Crippen molar-refractivity contribution in [3.8, 4) is 11.5 Å². The Kier molecular flexibility index (Phi) is 5.28. The van der Waals surface area contributed by atoms with Crippen LogP contribution in [-0.2, 0) is 0 Å². The number of amides is 1. The molecule has 0 saturated heterocycles. The van der Waals surface area contributed by atoms with Crippen LogP contribution in [0.2, 0.25) is 5.02 Å². The number of halogens is 1. The predicted octanol–water partition coefficient (Wildman–Crippen LogP) is 3.85. The lowest BCUT2D eigenvalue weighted by Gasteiger charge is -2.17. The molecule has 1 atom stereocenters. The average Bonchev–Trinajstić information content (AvgIpc) is 2.54. The molecule has 22 heavy (non-hydrogen) atoms. The Morgan fingerprint density at radius 3 is 2.50 bits per heavy atom. The number of hydrogen-bond acceptors (Lipinski definition) is 3. The molecule has 0 aliphatic rings. The van der Waals surface area contributed by atoms with Gasteiger partial charge in [0.25, 0.3) is 5.91 Å². The summed E-state index contributed by atoms with van der Waals surface area (Å²) in [5.41, 5.74) is 1.28. The Balaban J connectivity index is 2.23. The summed E-state index contributed by atoms with van der Waals surface area (Å²) in [6.07, 6.45) is 0. The zero-order chi connectivity index (χ0) is 16.1. The molecule has 0 radical (unpaired) electrons. The number of benzene rings is 2. The maximum Gasteiger partial charge on any atom is 0.255 e. The highest BCUT2D eigenvalue weighted by atomic mass is 35.5. The summed E-state index contributed by atoms with van der Waals surface area (Å²) in [6, 6.07) is 12.3. The van der Waals surface area contributed by atoms with Crippen LogP contribution in [0, 0.1) is 0 Å². The molecule has 0 aliphatic heterocycles. The third-order valence-corrected chi connectivity index (χ3v) is 3.71. The number of nitrogens with one attached hydrogen (secondary N) is 1. The standard InChI is InChI=1S/C17H18ClNO3/c1-11(13-6-4-5-7-15(13)18)19-17(20)14-10-12(21-2)8-9-16(14)22-3/h4-11H,1-3H3,(H,19,20). The van der Waals surface area contributed by atoms with E-state index in [2.05, 4.69) is 5.32 Å². The lowest BCUT2D eigenvalue weighted by molar-refractivity contribution is 0.0936. The highest BCUT2D eigenvalue weighted by molar-refractivity contribution is 6.31. The van der Waals surface area contributed by atoms with E-state index in [4.69, 9.17) is 21.1 Å². The number of carbonyl (C=O) groups excluding carboxylic acids is 1. The zero-order valence-corrected chi connectivity index (χ0v) is 13.5. The summed E-state index contributed by atoms with van der Waals surface area (Å²) in [4.78, 5) is 12.5. The second-order valence-electron chi connectivity index (χ2n) is 4.78. The summed E-state index contributed by atoms with van der Waals surface area (Å²) in [5.74, 6) is 0.837. The molecule has 0 heterocycles. The highest BCUT2D eigenvalue weighted by Gasteiger charge is 2.17. The van der Waals surface area contributed by atoms with Gasteiger partial charge in [0.15, 0.2) is 0 Å². The Morgan fingerprint density at radius 2 is 1.86 bits per heavy atom. The van der Waals surface area contributed by atoms with E-state index >= 15 is 0 Å². The molecule has 1 N–H and O–H groups in total. The van der Waals surface area contributed by atoms with Gasteiger partial charge in [0.2, 0.25) is 0 Å². The summed E-state index contributed by atoms with van der Waals surface area (Å²) < 4.78 is 10.4. The van der Waals surface area contributed by atoms with E-state index in [9.17, 15) is 4.79 Å². The minimum Gasteiger partial charge on any atom is -0.497 e. The third kappa shape index (κ3) is 3.52. The van der Waals surface area contributed by atoms with Crippen molar-refractivity contribution in [1.82, 2.24) is 5.32 Å². The molecule has 2 aromatic rings. The van der Waals surface area contributed by atoms with Crippen LogP contribution in [0.5, 0.6) is 11.5 Å². The fraction of sp³-hybridized carbons (Fsp3) is 0.235. The van der Waals surface area contributed by atoms with Gasteiger partial charge in [-0.3, -0.25) is 4.79 Å². The van der Waals surface area contributed by atoms with Gasteiger partial charge in [0.1, 0.15) is 11.5 Å². The monoisotopic (exact) mass is 319 g/mol. The van der Waals surface area contributed by atoms with Crippen molar-refractivity contribution in [2.75, 3.05) is 14.2 Å². The first-order valence-electron chi connectivity index (χ1n) is 6.84. The van der Waals surface area contributed by atoms with Crippen LogP contribution in [0.3, 0.4) is 0 Å². The molecule has 0 bridgehead atoms. The van der Waals surface area contributed by atoms with Crippen LogP contribution >= 0.6 is 11.6 Å². The second-order valence-corrected chi connectivity index (χ2v) is 5.19. The van der Waals surface area contributed by atoms with Gasteiger partial charge in [-0.15, -0.1) is 0 Å². The van der Waals surface area contributed by atoms with E-state index in [0.717, 1.165) is 5.56 Å². The molecule has 0 aliphatic carbocycles. The van der Waals surface area contributed by atoms with Crippen LogP contribution < -0.4 is 14.8 Å². The van der Waals surface area contributed by atoms with Crippen molar-refractivity contribution in [3.63, 3.8) is 0 Å². The van der Waals surface area contributed by atoms with Crippen molar-refractivity contribution in [3.05, 3.63) is 58.6 Å². The molecule has 0 spiro atoms. The number of hydrogen-bond donors (Lipinski definition) is 1. The lowest BCUT2D eigenvalue weighted by atomic mass is 10.1. The minimum absolute atomic E-state index is 0.225. The van der Waals surface area contributed by atoms with Crippen molar-refractivity contribution in [2.45, 2.75) is 13.0 Å². The molecule has 4 nitrogen and oxygen atoms in total. The van der Waals surface area contributed by atoms with Crippen LogP contribution in [0.4, 0.5) is 0 Å². The second kappa shape index (κ2) is 7.18. The molecule has 1 unspecified atom stereocenters. The zero-order valence-electron chi connectivity index (χ0n) is 12.7. The van der Waals surface area contributed by atoms with Crippen LogP contribution in [0.15, 0.2) is 42.5 Å². The number of methoxy groups -OCH3 is 2. The topological polar surface area (TPSA) is 47.6 Å². The fourth-order valence-electron chi connectivity index (χ4n) is 2.17. The SMILES string of the molecule is COc1ccc(OC)c(C(=O)NC(C)c2ccccc2Cl)c1. The molecule has 116 valence electrons. The first-order chi connectivity index (χ1) is 10.6. The van der Waals surface area contributed by atoms with E-state index in [1.807, 2.05) is 25.1 Å². The van der Waals surface area contributed by atoms with Gasteiger partial charge < -0.3 is 14.8 Å². The number of carbonyl (C=O) groups is 1. The van der Waals surface area contributed by atoms with Crippen molar-refractivity contribution >= 4 is 17.5 Å². The van der Waals surface area contributed by atoms with Gasteiger partial charge in [-0.1, -0.05) is 29.8 Å². The largest absolute Gasteiger partial charge is 0.497 e. The molecule has 2 aromatic carbocycles. The smallest absolute Gasteiger partial charge is 0.255 e. The molecule has 2 rings (SSSR count). The minimum atomic E-state index is -0.247. The van der Waals surface area contributed by atoms with E-state index in [1.54, 1.807) is 31.4 Å². The Labute approximate surface area is 135 Å². The summed E-state index contributed by atoms with van der Waals surface area (Å²) >= 11 is 6.16. The van der Waals surface area contributed by atoms with Crippen molar-refractivity contribution in [1.29, 1.82) is 0 Å². The highest BCUT2D eigenvalue weighted by Crippen LogP contribution is 2.26. The first-order valence-corrected chi connectivity index (χ1v) is 7.22. The van der Waals surface area contributed by atoms with E-state index in [1.165, 1.54) is 7.11 Å². The van der Waals surface area contributed by atoms with Crippen molar-refractivity contribution in [2.24, 2.45) is 0 Å². The maximum atomic E-state index is 12.5. The van der Waals surface area contributed by atoms with Gasteiger partial charge in [-0.05, 0) is 36.8 Å². The molecular weight excluding hydrogens is 302 g/mol. The summed E-state index contributed by atoms with van der Waals surface area (Å²) in [5, 5.41) is 3.54. The molecule has 0 aromatic heterocycles. The molecule has 0 fully saturated rings. The normalized spacial score (nSPS) is 11.6. The van der Waals surface area contributed by atoms with Crippen molar-refractivity contribution < 1.29 is 14.3 Å². The summed E-state index contributed by atoms with van der Waals surface area (Å²) in [6.45, 7) is 1.88. The Morgan fingerprint density at radius 1 is 1.14 bits per heavy atom. The van der Waals surface area contributed by atoms with Gasteiger partial charge in [0.05, 0.1) is 25.8 Å². The van der Waals surface area contributed by atoms with Crippen LogP contribution in [-0.4, -0.2) is 20.1 Å². The van der Waals surface area contributed by atoms with Crippen LogP contribution in [0.25, 0.3) is 0 Å². The van der Waals surface area contributed by atoms with Gasteiger partial charge in [0, 0.05) is 5.02 Å². The van der Waals surface area contributed by atoms with Gasteiger partial charge in [-0.25, -0.2) is 0 Å². The average molecular weight is 320 g/mol. The van der Waals surface area contributed by atoms with Gasteiger partial charge in [-0.2, -0.15) is 0 Å². The number of rotatable bonds is 5. The van der Waals surface area contributed by atoms with E-state index < -0.39 is 0 Å². The Bertz CT molecular complexity index is 673. The molecule has 5 heteroatoms. The summed E-state index contributed by atoms with van der Waals surface area (Å²) in [7, 11) is 3.08. The Hall–Kier alpha value is -2.20. The first kappa shape index (κ1) is 16.2. The maximum absolute atomic E-state index is 12.5. The van der Waals surface area contributed by atoms with Crippen LogP contribution in [0.1, 0.15) is 28.9 Å². The fourth-order valence-corrected chi connectivity index (χ4v) is 2.47. The quantitative estimate of drug-likeness (QED) is 0.910. The number of ether oxygens (including phenoxy) is 2. The van der Waals surface area contributed by atoms with E-state index in [0.29, 0.717) is 22.1 Å². The van der Waals surface area contributed by atoms with Gasteiger partial charge >= 0.3 is 0 Å². The van der Waals surface area contributed by atoms with E-state index in [-0.39, 0.29) is 11.9 Å².